The van der Waals surface area contributed by atoms with Crippen LogP contribution < -0.4 is 0 Å². The van der Waals surface area contributed by atoms with E-state index in [0.717, 1.165) is 26.3 Å². The molecule has 0 saturated carbocycles. The molecule has 0 N–H and O–H groups in total. The Hall–Kier alpha value is 0.130. The molecule has 1 aliphatic rings. The molecule has 4 nitrogen and oxygen atoms in total. The van der Waals surface area contributed by atoms with Gasteiger partial charge < -0.3 is 19.1 Å². The lowest BCUT2D eigenvalue weighted by Gasteiger charge is -2.17. The largest absolute Gasteiger partial charge is 0.378 e. The average molecular weight is 226 g/mol. The zero-order valence-electron chi connectivity index (χ0n) is 8.74. The summed E-state index contributed by atoms with van der Waals surface area (Å²) >= 11 is 0. The van der Waals surface area contributed by atoms with Crippen LogP contribution in [0.1, 0.15) is 0 Å². The molecule has 86 valence electrons. The Labute approximate surface area is 91.9 Å². The molecular formula is C9H20ClNO3. The Balaban J connectivity index is 0.00000169. The van der Waals surface area contributed by atoms with E-state index in [-0.39, 0.29) is 12.4 Å². The minimum atomic E-state index is 0. The summed E-state index contributed by atoms with van der Waals surface area (Å²) in [5.41, 5.74) is 0. The molecule has 14 heavy (non-hydrogen) atoms. The molecule has 1 fully saturated rings. The van der Waals surface area contributed by atoms with Crippen molar-refractivity contribution in [1.82, 2.24) is 4.90 Å². The van der Waals surface area contributed by atoms with Crippen LogP contribution in [0.3, 0.4) is 0 Å². The zero-order valence-corrected chi connectivity index (χ0v) is 9.55. The molecule has 1 heterocycles. The van der Waals surface area contributed by atoms with Crippen molar-refractivity contribution in [2.75, 3.05) is 59.8 Å². The van der Waals surface area contributed by atoms with E-state index < -0.39 is 0 Å². The Morgan fingerprint density at radius 3 is 1.50 bits per heavy atom. The van der Waals surface area contributed by atoms with Crippen LogP contribution in [0.15, 0.2) is 0 Å². The highest BCUT2D eigenvalue weighted by atomic mass is 35.5. The van der Waals surface area contributed by atoms with Gasteiger partial charge in [0, 0.05) is 13.1 Å². The Morgan fingerprint density at radius 1 is 0.714 bits per heavy atom. The van der Waals surface area contributed by atoms with Gasteiger partial charge in [-0.05, 0) is 7.05 Å². The van der Waals surface area contributed by atoms with Crippen LogP contribution in [0.5, 0.6) is 0 Å². The summed E-state index contributed by atoms with van der Waals surface area (Å²) in [5.74, 6) is 0. The second-order valence-corrected chi connectivity index (χ2v) is 3.14. The number of nitrogens with zero attached hydrogens (tertiary/aromatic N) is 1. The van der Waals surface area contributed by atoms with E-state index in [1.54, 1.807) is 0 Å². The molecule has 0 aromatic rings. The fourth-order valence-electron chi connectivity index (χ4n) is 1.09. The highest BCUT2D eigenvalue weighted by Gasteiger charge is 2.00. The predicted molar refractivity (Wildman–Crippen MR) is 57.2 cm³/mol. The topological polar surface area (TPSA) is 30.9 Å². The van der Waals surface area contributed by atoms with Crippen molar-refractivity contribution >= 4 is 12.4 Å². The summed E-state index contributed by atoms with van der Waals surface area (Å²) in [7, 11) is 2.08. The molecule has 0 aromatic heterocycles. The molecule has 5 heteroatoms. The lowest BCUT2D eigenvalue weighted by Crippen LogP contribution is -2.28. The van der Waals surface area contributed by atoms with Gasteiger partial charge in [0.15, 0.2) is 0 Å². The molecule has 1 aliphatic heterocycles. The molecular weight excluding hydrogens is 206 g/mol. The first-order valence-electron chi connectivity index (χ1n) is 4.81. The molecule has 0 aromatic carbocycles. The van der Waals surface area contributed by atoms with Crippen molar-refractivity contribution in [3.05, 3.63) is 0 Å². The van der Waals surface area contributed by atoms with Crippen molar-refractivity contribution in [2.24, 2.45) is 0 Å². The summed E-state index contributed by atoms with van der Waals surface area (Å²) in [4.78, 5) is 2.21. The molecule has 1 saturated heterocycles. The van der Waals surface area contributed by atoms with Crippen LogP contribution in [0, 0.1) is 0 Å². The van der Waals surface area contributed by atoms with Gasteiger partial charge in [-0.2, -0.15) is 0 Å². The maximum atomic E-state index is 5.37. The molecule has 0 bridgehead atoms. The monoisotopic (exact) mass is 225 g/mol. The summed E-state index contributed by atoms with van der Waals surface area (Å²) in [5, 5.41) is 0. The van der Waals surface area contributed by atoms with Crippen LogP contribution in [-0.2, 0) is 14.2 Å². The normalized spacial score (nSPS) is 22.9. The van der Waals surface area contributed by atoms with Gasteiger partial charge in [0.05, 0.1) is 39.6 Å². The van der Waals surface area contributed by atoms with Crippen LogP contribution in [0.25, 0.3) is 0 Å². The lowest BCUT2D eigenvalue weighted by atomic mass is 10.5. The van der Waals surface area contributed by atoms with Gasteiger partial charge >= 0.3 is 0 Å². The Morgan fingerprint density at radius 2 is 1.07 bits per heavy atom. The quantitative estimate of drug-likeness (QED) is 0.598. The maximum Gasteiger partial charge on any atom is 0.0701 e. The van der Waals surface area contributed by atoms with Crippen molar-refractivity contribution in [3.63, 3.8) is 0 Å². The summed E-state index contributed by atoms with van der Waals surface area (Å²) in [6, 6.07) is 0. The van der Waals surface area contributed by atoms with Gasteiger partial charge in [0.25, 0.3) is 0 Å². The second-order valence-electron chi connectivity index (χ2n) is 3.14. The predicted octanol–water partition coefficient (Wildman–Crippen LogP) is 0.403. The molecule has 0 spiro atoms. The first-order valence-corrected chi connectivity index (χ1v) is 4.81. The highest BCUT2D eigenvalue weighted by molar-refractivity contribution is 5.85. The maximum absolute atomic E-state index is 5.37. The third-order valence-electron chi connectivity index (χ3n) is 1.98. The minimum Gasteiger partial charge on any atom is -0.378 e. The smallest absolute Gasteiger partial charge is 0.0701 e. The van der Waals surface area contributed by atoms with E-state index in [0.29, 0.717) is 26.4 Å². The number of likely N-dealkylation sites (N-methyl/N-ethyl adjacent to an activating group) is 1. The minimum absolute atomic E-state index is 0. The Kier molecular flexibility index (Phi) is 9.77. The molecule has 0 aliphatic carbocycles. The SMILES string of the molecule is CN1CCOCCOCCOCC1.Cl. The van der Waals surface area contributed by atoms with Crippen LogP contribution in [-0.4, -0.2) is 64.7 Å². The van der Waals surface area contributed by atoms with E-state index in [2.05, 4.69) is 11.9 Å². The van der Waals surface area contributed by atoms with E-state index in [1.807, 2.05) is 0 Å². The third-order valence-corrected chi connectivity index (χ3v) is 1.98. The number of hydrogen-bond acceptors (Lipinski definition) is 4. The van der Waals surface area contributed by atoms with Gasteiger partial charge in [-0.1, -0.05) is 0 Å². The molecule has 0 amide bonds. The highest BCUT2D eigenvalue weighted by Crippen LogP contribution is 1.88. The number of rotatable bonds is 0. The average Bonchev–Trinajstić information content (AvgIpc) is 2.11. The van der Waals surface area contributed by atoms with Crippen LogP contribution >= 0.6 is 12.4 Å². The zero-order chi connectivity index (χ0) is 9.36. The summed E-state index contributed by atoms with van der Waals surface area (Å²) < 4.78 is 16.0. The van der Waals surface area contributed by atoms with Gasteiger partial charge in [-0.15, -0.1) is 12.4 Å². The molecule has 0 unspecified atom stereocenters. The van der Waals surface area contributed by atoms with Gasteiger partial charge in [-0.3, -0.25) is 0 Å². The number of ether oxygens (including phenoxy) is 3. The molecule has 0 radical (unpaired) electrons. The fraction of sp³-hybridized carbons (Fsp3) is 1.00. The van der Waals surface area contributed by atoms with Gasteiger partial charge in [0.2, 0.25) is 0 Å². The van der Waals surface area contributed by atoms with Crippen LogP contribution in [0.2, 0.25) is 0 Å². The molecule has 0 atom stereocenters. The lowest BCUT2D eigenvalue weighted by molar-refractivity contribution is -0.00269. The second kappa shape index (κ2) is 9.68. The van der Waals surface area contributed by atoms with E-state index in [4.69, 9.17) is 14.2 Å². The van der Waals surface area contributed by atoms with Crippen molar-refractivity contribution in [2.45, 2.75) is 0 Å². The number of halogens is 1. The number of hydrogen-bond donors (Lipinski definition) is 0. The van der Waals surface area contributed by atoms with Gasteiger partial charge in [0.1, 0.15) is 0 Å². The van der Waals surface area contributed by atoms with E-state index in [1.165, 1.54) is 0 Å². The van der Waals surface area contributed by atoms with Crippen molar-refractivity contribution in [3.8, 4) is 0 Å². The van der Waals surface area contributed by atoms with Crippen LogP contribution in [0.4, 0.5) is 0 Å². The standard InChI is InChI=1S/C9H19NO3.ClH/c1-10-2-4-11-6-8-13-9-7-12-5-3-10;/h2-9H2,1H3;1H. The summed E-state index contributed by atoms with van der Waals surface area (Å²) in [6.45, 7) is 6.20. The van der Waals surface area contributed by atoms with E-state index >= 15 is 0 Å². The van der Waals surface area contributed by atoms with Crippen molar-refractivity contribution in [1.29, 1.82) is 0 Å². The summed E-state index contributed by atoms with van der Waals surface area (Å²) in [6.07, 6.45) is 0. The molecule has 1 rings (SSSR count). The van der Waals surface area contributed by atoms with Crippen molar-refractivity contribution < 1.29 is 14.2 Å². The fourth-order valence-corrected chi connectivity index (χ4v) is 1.09. The first-order chi connectivity index (χ1) is 6.39. The Bertz CT molecular complexity index is 115. The third kappa shape index (κ3) is 7.53. The first kappa shape index (κ1) is 14.1. The van der Waals surface area contributed by atoms with Gasteiger partial charge in [-0.25, -0.2) is 0 Å². The van der Waals surface area contributed by atoms with E-state index in [9.17, 15) is 0 Å².